The number of aromatic nitrogens is 1. The summed E-state index contributed by atoms with van der Waals surface area (Å²) in [5.41, 5.74) is 3.31. The summed E-state index contributed by atoms with van der Waals surface area (Å²) in [7, 11) is 0. The average molecular weight is 295 g/mol. The number of hydrogen-bond donors (Lipinski definition) is 1. The summed E-state index contributed by atoms with van der Waals surface area (Å²) in [5.74, 6) is 1.45. The summed E-state index contributed by atoms with van der Waals surface area (Å²) in [6.07, 6.45) is 5.90. The van der Waals surface area contributed by atoms with E-state index in [1.54, 1.807) is 0 Å². The Balaban J connectivity index is 1.73. The van der Waals surface area contributed by atoms with Crippen LogP contribution in [0.15, 0.2) is 24.4 Å². The molecule has 116 valence electrons. The first kappa shape index (κ1) is 15.1. The van der Waals surface area contributed by atoms with E-state index >= 15 is 0 Å². The fraction of sp³-hybridized carbons (Fsp3) is 0.526. The predicted molar refractivity (Wildman–Crippen MR) is 90.9 cm³/mol. The van der Waals surface area contributed by atoms with Gasteiger partial charge in [0.2, 0.25) is 0 Å². The molecule has 3 nitrogen and oxygen atoms in total. The van der Waals surface area contributed by atoms with Gasteiger partial charge < -0.3 is 9.88 Å². The van der Waals surface area contributed by atoms with Crippen LogP contribution < -0.4 is 0 Å². The molecule has 1 fully saturated rings. The Kier molecular flexibility index (Phi) is 4.49. The average Bonchev–Trinajstić information content (AvgIpc) is 3.15. The summed E-state index contributed by atoms with van der Waals surface area (Å²) >= 11 is 0. The van der Waals surface area contributed by atoms with Gasteiger partial charge in [-0.15, -0.1) is 0 Å². The Morgan fingerprint density at radius 3 is 2.73 bits per heavy atom. The lowest BCUT2D eigenvalue weighted by Crippen LogP contribution is -2.27. The van der Waals surface area contributed by atoms with E-state index in [0.29, 0.717) is 5.92 Å². The quantitative estimate of drug-likeness (QED) is 0.829. The lowest BCUT2D eigenvalue weighted by molar-refractivity contribution is 0.262. The van der Waals surface area contributed by atoms with Crippen molar-refractivity contribution >= 4 is 10.9 Å². The molecule has 0 amide bonds. The van der Waals surface area contributed by atoms with Crippen LogP contribution in [0.4, 0.5) is 0 Å². The third-order valence-corrected chi connectivity index (χ3v) is 4.74. The molecule has 0 radical (unpaired) electrons. The number of hydrogen-bond acceptors (Lipinski definition) is 2. The van der Waals surface area contributed by atoms with Crippen molar-refractivity contribution in [3.05, 3.63) is 35.5 Å². The fourth-order valence-electron chi connectivity index (χ4n) is 3.61. The maximum absolute atomic E-state index is 9.10. The highest BCUT2D eigenvalue weighted by atomic mass is 15.1. The summed E-state index contributed by atoms with van der Waals surface area (Å²) in [6.45, 7) is 8.16. The molecule has 3 rings (SSSR count). The summed E-state index contributed by atoms with van der Waals surface area (Å²) in [4.78, 5) is 5.97. The largest absolute Gasteiger partial charge is 0.361 e. The first-order chi connectivity index (χ1) is 10.8. The number of aromatic amines is 1. The van der Waals surface area contributed by atoms with Gasteiger partial charge >= 0.3 is 0 Å². The second kappa shape index (κ2) is 6.54. The van der Waals surface area contributed by atoms with Crippen molar-refractivity contribution in [1.82, 2.24) is 9.88 Å². The van der Waals surface area contributed by atoms with Crippen LogP contribution in [0.3, 0.4) is 0 Å². The minimum absolute atomic E-state index is 0.666. The van der Waals surface area contributed by atoms with Crippen LogP contribution in [0, 0.1) is 17.2 Å². The van der Waals surface area contributed by atoms with Gasteiger partial charge in [0.1, 0.15) is 0 Å². The highest BCUT2D eigenvalue weighted by molar-refractivity contribution is 5.85. The van der Waals surface area contributed by atoms with Crippen LogP contribution in [0.2, 0.25) is 0 Å². The van der Waals surface area contributed by atoms with Crippen LogP contribution in [0.25, 0.3) is 10.9 Å². The fourth-order valence-corrected chi connectivity index (χ4v) is 3.61. The molecule has 0 spiro atoms. The van der Waals surface area contributed by atoms with Gasteiger partial charge in [-0.05, 0) is 68.0 Å². The van der Waals surface area contributed by atoms with E-state index in [0.717, 1.165) is 17.0 Å². The van der Waals surface area contributed by atoms with Crippen molar-refractivity contribution < 1.29 is 0 Å². The summed E-state index contributed by atoms with van der Waals surface area (Å²) < 4.78 is 0. The van der Waals surface area contributed by atoms with E-state index in [1.807, 2.05) is 18.2 Å². The van der Waals surface area contributed by atoms with E-state index in [-0.39, 0.29) is 0 Å². The molecular weight excluding hydrogens is 270 g/mol. The third-order valence-electron chi connectivity index (χ3n) is 4.74. The molecule has 2 aromatic rings. The smallest absolute Gasteiger partial charge is 0.0991 e. The minimum Gasteiger partial charge on any atom is -0.361 e. The Labute approximate surface area is 132 Å². The van der Waals surface area contributed by atoms with Gasteiger partial charge in [0.15, 0.2) is 0 Å². The van der Waals surface area contributed by atoms with Crippen LogP contribution in [0.5, 0.6) is 0 Å². The first-order valence-electron chi connectivity index (χ1n) is 8.50. The zero-order chi connectivity index (χ0) is 15.5. The lowest BCUT2D eigenvalue weighted by Gasteiger charge is -2.20. The number of nitriles is 1. The molecule has 1 aliphatic carbocycles. The molecular formula is C19H25N3. The number of benzene rings is 1. The minimum atomic E-state index is 0.666. The normalized spacial score (nSPS) is 20.5. The number of H-pyrrole nitrogens is 1. The Hall–Kier alpha value is -1.79. The first-order valence-corrected chi connectivity index (χ1v) is 8.50. The van der Waals surface area contributed by atoms with Gasteiger partial charge in [-0.2, -0.15) is 5.26 Å². The van der Waals surface area contributed by atoms with Crippen molar-refractivity contribution in [2.45, 2.75) is 39.0 Å². The van der Waals surface area contributed by atoms with E-state index in [4.69, 9.17) is 5.26 Å². The third kappa shape index (κ3) is 3.03. The van der Waals surface area contributed by atoms with E-state index in [9.17, 15) is 0 Å². The van der Waals surface area contributed by atoms with E-state index in [1.165, 1.54) is 49.8 Å². The zero-order valence-electron chi connectivity index (χ0n) is 13.6. The Morgan fingerprint density at radius 2 is 2.05 bits per heavy atom. The van der Waals surface area contributed by atoms with E-state index in [2.05, 4.69) is 36.0 Å². The topological polar surface area (TPSA) is 42.8 Å². The number of rotatable bonds is 7. The maximum atomic E-state index is 9.10. The molecule has 0 unspecified atom stereocenters. The monoisotopic (exact) mass is 295 g/mol. The molecule has 1 aromatic heterocycles. The molecule has 1 heterocycles. The lowest BCUT2D eigenvalue weighted by atomic mass is 10.1. The van der Waals surface area contributed by atoms with Crippen LogP contribution >= 0.6 is 0 Å². The van der Waals surface area contributed by atoms with Crippen LogP contribution in [0.1, 0.15) is 50.2 Å². The Bertz CT molecular complexity index is 674. The van der Waals surface area contributed by atoms with Gasteiger partial charge in [0.05, 0.1) is 11.6 Å². The van der Waals surface area contributed by atoms with Gasteiger partial charge in [-0.3, -0.25) is 0 Å². The standard InChI is InChI=1S/C19H25N3/c1-3-7-22(8-4-2)13-15-10-16(15)18-12-21-19-6-5-14(11-20)9-17(18)19/h5-6,9,12,15-16,21H,3-4,7-8,10,13H2,1-2H3/t15-,16+/m0/s1. The van der Waals surface area contributed by atoms with Gasteiger partial charge in [0, 0.05) is 23.6 Å². The van der Waals surface area contributed by atoms with Crippen molar-refractivity contribution in [2.75, 3.05) is 19.6 Å². The molecule has 1 aliphatic rings. The highest BCUT2D eigenvalue weighted by Gasteiger charge is 2.40. The molecule has 2 atom stereocenters. The van der Waals surface area contributed by atoms with Crippen LogP contribution in [-0.2, 0) is 0 Å². The molecule has 22 heavy (non-hydrogen) atoms. The number of nitrogens with zero attached hydrogens (tertiary/aromatic N) is 2. The zero-order valence-corrected chi connectivity index (χ0v) is 13.6. The Morgan fingerprint density at radius 1 is 1.27 bits per heavy atom. The predicted octanol–water partition coefficient (Wildman–Crippen LogP) is 4.27. The number of fused-ring (bicyclic) bond motifs is 1. The van der Waals surface area contributed by atoms with Crippen LogP contribution in [-0.4, -0.2) is 29.5 Å². The maximum Gasteiger partial charge on any atom is 0.0991 e. The number of nitrogens with one attached hydrogen (secondary N) is 1. The molecule has 0 bridgehead atoms. The second-order valence-electron chi connectivity index (χ2n) is 6.52. The van der Waals surface area contributed by atoms with Gasteiger partial charge in [-0.1, -0.05) is 13.8 Å². The molecule has 3 heteroatoms. The molecule has 0 aliphatic heterocycles. The van der Waals surface area contributed by atoms with Crippen molar-refractivity contribution in [3.63, 3.8) is 0 Å². The van der Waals surface area contributed by atoms with Crippen molar-refractivity contribution in [1.29, 1.82) is 5.26 Å². The second-order valence-corrected chi connectivity index (χ2v) is 6.52. The molecule has 1 N–H and O–H groups in total. The SMILES string of the molecule is CCCN(CCC)C[C@@H]1C[C@H]1c1c[nH]c2ccc(C#N)cc12. The van der Waals surface area contributed by atoms with Crippen molar-refractivity contribution in [2.24, 2.45) is 5.92 Å². The van der Waals surface area contributed by atoms with E-state index < -0.39 is 0 Å². The molecule has 1 saturated carbocycles. The van der Waals surface area contributed by atoms with Crippen molar-refractivity contribution in [3.8, 4) is 6.07 Å². The highest BCUT2D eigenvalue weighted by Crippen LogP contribution is 2.50. The summed E-state index contributed by atoms with van der Waals surface area (Å²) in [6, 6.07) is 8.19. The summed E-state index contributed by atoms with van der Waals surface area (Å²) in [5, 5.41) is 10.3. The molecule has 0 saturated heterocycles. The molecule has 1 aromatic carbocycles. The van der Waals surface area contributed by atoms with Gasteiger partial charge in [-0.25, -0.2) is 0 Å². The van der Waals surface area contributed by atoms with Gasteiger partial charge in [0.25, 0.3) is 0 Å².